The maximum absolute atomic E-state index is 13.2. The van der Waals surface area contributed by atoms with Crippen LogP contribution in [-0.2, 0) is 12.3 Å². The van der Waals surface area contributed by atoms with Crippen molar-refractivity contribution in [1.29, 1.82) is 0 Å². The Hall–Kier alpha value is -2.51. The summed E-state index contributed by atoms with van der Waals surface area (Å²) in [6.07, 6.45) is -5.29. The lowest BCUT2D eigenvalue weighted by molar-refractivity contribution is -0.289. The number of amides is 1. The highest BCUT2D eigenvalue weighted by Gasteiger charge is 2.58. The molecule has 0 spiro atoms. The highest BCUT2D eigenvalue weighted by Crippen LogP contribution is 2.43. The number of hydrogen-bond acceptors (Lipinski definition) is 1. The van der Waals surface area contributed by atoms with Gasteiger partial charge in [0.1, 0.15) is 5.82 Å². The van der Waals surface area contributed by atoms with Crippen LogP contribution in [0.25, 0.3) is 0 Å². The number of carbonyl (C=O) groups excluding carboxylic acids is 1. The molecule has 0 radical (unpaired) electrons. The number of halogens is 6. The zero-order valence-corrected chi connectivity index (χ0v) is 12.7. The molecule has 2 rings (SSSR count). The van der Waals surface area contributed by atoms with Crippen molar-refractivity contribution in [3.63, 3.8) is 0 Å². The Kier molecular flexibility index (Phi) is 5.39. The molecule has 0 unspecified atom stereocenters. The summed E-state index contributed by atoms with van der Waals surface area (Å²) in [5.74, 6) is -5.97. The van der Waals surface area contributed by atoms with Gasteiger partial charge in [-0.1, -0.05) is 24.3 Å². The van der Waals surface area contributed by atoms with E-state index in [4.69, 9.17) is 0 Å². The van der Waals surface area contributed by atoms with E-state index in [9.17, 15) is 31.1 Å². The lowest BCUT2D eigenvalue weighted by Gasteiger charge is -2.19. The van der Waals surface area contributed by atoms with Crippen LogP contribution in [0.5, 0.6) is 0 Å². The van der Waals surface area contributed by atoms with Gasteiger partial charge in [-0.25, -0.2) is 4.39 Å². The molecule has 0 atom stereocenters. The van der Waals surface area contributed by atoms with E-state index in [1.807, 2.05) is 0 Å². The SMILES string of the molecule is O=C(NCCc1ccc(F)cc1)c1ccc(C(F)(F)C(F)(F)F)cc1. The smallest absolute Gasteiger partial charge is 0.352 e. The average molecular weight is 361 g/mol. The Balaban J connectivity index is 1.95. The Bertz CT molecular complexity index is 722. The second kappa shape index (κ2) is 7.16. The number of carbonyl (C=O) groups is 1. The van der Waals surface area contributed by atoms with Gasteiger partial charge in [0.2, 0.25) is 0 Å². The predicted molar refractivity (Wildman–Crippen MR) is 78.8 cm³/mol. The van der Waals surface area contributed by atoms with Gasteiger partial charge in [-0.05, 0) is 36.2 Å². The summed E-state index contributed by atoms with van der Waals surface area (Å²) < 4.78 is 75.9. The monoisotopic (exact) mass is 361 g/mol. The van der Waals surface area contributed by atoms with Gasteiger partial charge in [-0.15, -0.1) is 0 Å². The molecular weight excluding hydrogens is 348 g/mol. The van der Waals surface area contributed by atoms with E-state index < -0.39 is 23.6 Å². The molecule has 1 amide bonds. The van der Waals surface area contributed by atoms with E-state index in [0.717, 1.165) is 17.7 Å². The van der Waals surface area contributed by atoms with E-state index in [2.05, 4.69) is 5.32 Å². The molecule has 25 heavy (non-hydrogen) atoms. The summed E-state index contributed by atoms with van der Waals surface area (Å²) in [6, 6.07) is 8.60. The molecule has 1 N–H and O–H groups in total. The third-order valence-corrected chi connectivity index (χ3v) is 3.48. The first kappa shape index (κ1) is 18.8. The normalized spacial score (nSPS) is 12.1. The molecule has 0 aliphatic rings. The molecule has 0 saturated carbocycles. The number of hydrogen-bond donors (Lipinski definition) is 1. The molecule has 0 aliphatic heterocycles. The van der Waals surface area contributed by atoms with E-state index in [1.165, 1.54) is 12.1 Å². The van der Waals surface area contributed by atoms with Gasteiger partial charge in [0.25, 0.3) is 5.91 Å². The number of nitrogens with one attached hydrogen (secondary N) is 1. The van der Waals surface area contributed by atoms with Gasteiger partial charge < -0.3 is 5.32 Å². The standard InChI is InChI=1S/C17H13F6NO/c18-14-7-1-11(2-8-14)9-10-24-15(25)12-3-5-13(6-4-12)16(19,20)17(21,22)23/h1-8H,9-10H2,(H,24,25). The predicted octanol–water partition coefficient (Wildman–Crippen LogP) is 4.45. The molecule has 0 heterocycles. The third kappa shape index (κ3) is 4.52. The number of benzene rings is 2. The summed E-state index contributed by atoms with van der Waals surface area (Å²) in [7, 11) is 0. The van der Waals surface area contributed by atoms with Crippen molar-refractivity contribution < 1.29 is 31.1 Å². The largest absolute Gasteiger partial charge is 0.458 e. The molecule has 0 fully saturated rings. The second-order valence-electron chi connectivity index (χ2n) is 5.28. The van der Waals surface area contributed by atoms with E-state index >= 15 is 0 Å². The van der Waals surface area contributed by atoms with Gasteiger partial charge in [-0.3, -0.25) is 4.79 Å². The van der Waals surface area contributed by atoms with Gasteiger partial charge in [0.15, 0.2) is 0 Å². The maximum Gasteiger partial charge on any atom is 0.458 e. The van der Waals surface area contributed by atoms with Crippen LogP contribution < -0.4 is 5.32 Å². The van der Waals surface area contributed by atoms with Crippen molar-refractivity contribution in [2.45, 2.75) is 18.5 Å². The molecule has 2 nitrogen and oxygen atoms in total. The van der Waals surface area contributed by atoms with Gasteiger partial charge in [0, 0.05) is 17.7 Å². The Morgan fingerprint density at radius 3 is 1.96 bits per heavy atom. The van der Waals surface area contributed by atoms with Crippen molar-refractivity contribution in [1.82, 2.24) is 5.32 Å². The topological polar surface area (TPSA) is 29.1 Å². The first-order chi connectivity index (χ1) is 11.6. The minimum absolute atomic E-state index is 0.0409. The highest BCUT2D eigenvalue weighted by molar-refractivity contribution is 5.94. The van der Waals surface area contributed by atoms with E-state index in [1.54, 1.807) is 12.1 Å². The quantitative estimate of drug-likeness (QED) is 0.784. The Labute approximate surface area is 139 Å². The lowest BCUT2D eigenvalue weighted by Crippen LogP contribution is -2.33. The van der Waals surface area contributed by atoms with Gasteiger partial charge in [-0.2, -0.15) is 22.0 Å². The van der Waals surface area contributed by atoms with Crippen molar-refractivity contribution >= 4 is 5.91 Å². The molecule has 8 heteroatoms. The second-order valence-corrected chi connectivity index (χ2v) is 5.28. The molecule has 0 aromatic heterocycles. The van der Waals surface area contributed by atoms with E-state index in [-0.39, 0.29) is 17.9 Å². The van der Waals surface area contributed by atoms with Crippen molar-refractivity contribution in [2.75, 3.05) is 6.54 Å². The molecule has 134 valence electrons. The molecule has 2 aromatic rings. The Morgan fingerprint density at radius 2 is 1.44 bits per heavy atom. The van der Waals surface area contributed by atoms with Crippen LogP contribution in [0.1, 0.15) is 21.5 Å². The van der Waals surface area contributed by atoms with Gasteiger partial charge in [0.05, 0.1) is 0 Å². The lowest BCUT2D eigenvalue weighted by atomic mass is 10.1. The molecule has 0 aliphatic carbocycles. The van der Waals surface area contributed by atoms with E-state index in [0.29, 0.717) is 18.6 Å². The molecule has 0 bridgehead atoms. The first-order valence-electron chi connectivity index (χ1n) is 7.19. The van der Waals surface area contributed by atoms with Crippen LogP contribution in [0.15, 0.2) is 48.5 Å². The number of rotatable bonds is 5. The fourth-order valence-electron chi connectivity index (χ4n) is 2.07. The molecule has 0 saturated heterocycles. The summed E-state index contributed by atoms with van der Waals surface area (Å²) in [4.78, 5) is 11.9. The summed E-state index contributed by atoms with van der Waals surface area (Å²) in [5, 5.41) is 2.51. The summed E-state index contributed by atoms with van der Waals surface area (Å²) in [6.45, 7) is 0.199. The van der Waals surface area contributed by atoms with Crippen molar-refractivity contribution in [3.05, 3.63) is 71.0 Å². The van der Waals surface area contributed by atoms with Crippen LogP contribution >= 0.6 is 0 Å². The number of alkyl halides is 5. The van der Waals surface area contributed by atoms with Crippen LogP contribution in [0.3, 0.4) is 0 Å². The van der Waals surface area contributed by atoms with Crippen molar-refractivity contribution in [3.8, 4) is 0 Å². The minimum atomic E-state index is -5.70. The van der Waals surface area contributed by atoms with Crippen molar-refractivity contribution in [2.24, 2.45) is 0 Å². The average Bonchev–Trinajstić information content (AvgIpc) is 2.55. The fourth-order valence-corrected chi connectivity index (χ4v) is 2.07. The zero-order chi connectivity index (χ0) is 18.7. The van der Waals surface area contributed by atoms with Crippen LogP contribution in [0.4, 0.5) is 26.3 Å². The summed E-state index contributed by atoms with van der Waals surface area (Å²) >= 11 is 0. The fraction of sp³-hybridized carbons (Fsp3) is 0.235. The minimum Gasteiger partial charge on any atom is -0.352 e. The third-order valence-electron chi connectivity index (χ3n) is 3.48. The van der Waals surface area contributed by atoms with Gasteiger partial charge >= 0.3 is 12.1 Å². The van der Waals surface area contributed by atoms with Crippen LogP contribution in [0.2, 0.25) is 0 Å². The molecule has 2 aromatic carbocycles. The maximum atomic E-state index is 13.2. The summed E-state index contributed by atoms with van der Waals surface area (Å²) in [5.41, 5.74) is -0.495. The zero-order valence-electron chi connectivity index (χ0n) is 12.7. The van der Waals surface area contributed by atoms with Crippen LogP contribution in [0, 0.1) is 5.82 Å². The first-order valence-corrected chi connectivity index (χ1v) is 7.19. The highest BCUT2D eigenvalue weighted by atomic mass is 19.4. The molecular formula is C17H13F6NO. The van der Waals surface area contributed by atoms with Crippen LogP contribution in [-0.4, -0.2) is 18.6 Å². The Morgan fingerprint density at radius 1 is 0.880 bits per heavy atom.